The van der Waals surface area contributed by atoms with Crippen LogP contribution < -0.4 is 0 Å². The summed E-state index contributed by atoms with van der Waals surface area (Å²) in [5.41, 5.74) is 2.44. The van der Waals surface area contributed by atoms with Crippen LogP contribution in [0.4, 0.5) is 0 Å². The first-order valence-electron chi connectivity index (χ1n) is 5.17. The Bertz CT molecular complexity index is 315. The van der Waals surface area contributed by atoms with Crippen LogP contribution in [0.25, 0.3) is 0 Å². The second kappa shape index (κ2) is 3.97. The van der Waals surface area contributed by atoms with Gasteiger partial charge >= 0.3 is 0 Å². The molecule has 0 saturated heterocycles. The van der Waals surface area contributed by atoms with Crippen LogP contribution >= 0.6 is 0 Å². The van der Waals surface area contributed by atoms with Gasteiger partial charge in [-0.1, -0.05) is 42.5 Å². The van der Waals surface area contributed by atoms with Gasteiger partial charge in [-0.25, -0.2) is 0 Å². The van der Waals surface area contributed by atoms with Crippen LogP contribution in [0.3, 0.4) is 0 Å². The van der Waals surface area contributed by atoms with Gasteiger partial charge in [0.15, 0.2) is 0 Å². The van der Waals surface area contributed by atoms with E-state index in [4.69, 9.17) is 0 Å². The smallest absolute Gasteiger partial charge is 0.0645 e. The van der Waals surface area contributed by atoms with Crippen molar-refractivity contribution in [3.8, 4) is 0 Å². The van der Waals surface area contributed by atoms with Gasteiger partial charge < -0.3 is 5.11 Å². The van der Waals surface area contributed by atoms with E-state index >= 15 is 0 Å². The fourth-order valence-corrected chi connectivity index (χ4v) is 2.18. The highest BCUT2D eigenvalue weighted by Crippen LogP contribution is 2.34. The zero-order chi connectivity index (χ0) is 9.97. The normalized spacial score (nSPS) is 27.6. The highest BCUT2D eigenvalue weighted by atomic mass is 16.3. The summed E-state index contributed by atoms with van der Waals surface area (Å²) in [5.74, 6) is 0.307. The van der Waals surface area contributed by atoms with Gasteiger partial charge in [0.25, 0.3) is 0 Å². The minimum absolute atomic E-state index is 0.237. The van der Waals surface area contributed by atoms with Crippen LogP contribution in [0.2, 0.25) is 0 Å². The van der Waals surface area contributed by atoms with E-state index in [0.717, 1.165) is 19.3 Å². The van der Waals surface area contributed by atoms with Crippen LogP contribution in [0.5, 0.6) is 0 Å². The number of hydrogen-bond donors (Lipinski definition) is 1. The van der Waals surface area contributed by atoms with Gasteiger partial charge in [-0.05, 0) is 24.8 Å². The Labute approximate surface area is 85.1 Å². The van der Waals surface area contributed by atoms with Crippen LogP contribution in [-0.4, -0.2) is 11.2 Å². The van der Waals surface area contributed by atoms with Gasteiger partial charge in [-0.3, -0.25) is 0 Å². The van der Waals surface area contributed by atoms with Crippen molar-refractivity contribution in [3.05, 3.63) is 48.0 Å². The average Bonchev–Trinajstić information content (AvgIpc) is 2.19. The van der Waals surface area contributed by atoms with Crippen molar-refractivity contribution < 1.29 is 5.11 Å². The van der Waals surface area contributed by atoms with E-state index in [1.165, 1.54) is 11.1 Å². The molecule has 2 atom stereocenters. The second-order valence-electron chi connectivity index (χ2n) is 4.08. The monoisotopic (exact) mass is 188 g/mol. The molecule has 1 aromatic rings. The lowest BCUT2D eigenvalue weighted by molar-refractivity contribution is 0.125. The standard InChI is InChI=1S/C13H16O/c1-10-7-8-12(13(14)9-10)11-5-3-2-4-6-11/h2-6,12-14H,1,7-9H2/t12-,13-/m0/s1. The molecule has 0 aliphatic heterocycles. The summed E-state index contributed by atoms with van der Waals surface area (Å²) in [5, 5.41) is 9.93. The summed E-state index contributed by atoms with van der Waals surface area (Å²) in [6, 6.07) is 10.3. The number of aliphatic hydroxyl groups excluding tert-OH is 1. The fraction of sp³-hybridized carbons (Fsp3) is 0.385. The molecule has 1 aliphatic carbocycles. The molecule has 0 heterocycles. The molecule has 0 spiro atoms. The minimum atomic E-state index is -0.237. The fourth-order valence-electron chi connectivity index (χ4n) is 2.18. The van der Waals surface area contributed by atoms with Crippen molar-refractivity contribution >= 4 is 0 Å². The molecule has 14 heavy (non-hydrogen) atoms. The number of rotatable bonds is 1. The number of benzene rings is 1. The number of aliphatic hydroxyl groups is 1. The topological polar surface area (TPSA) is 20.2 Å². The molecule has 74 valence electrons. The zero-order valence-electron chi connectivity index (χ0n) is 8.32. The molecule has 1 aromatic carbocycles. The maximum Gasteiger partial charge on any atom is 0.0645 e. The third-order valence-electron chi connectivity index (χ3n) is 3.00. The van der Waals surface area contributed by atoms with Gasteiger partial charge in [0.2, 0.25) is 0 Å². The van der Waals surface area contributed by atoms with Crippen LogP contribution in [-0.2, 0) is 0 Å². The lowest BCUT2D eigenvalue weighted by Crippen LogP contribution is -2.23. The lowest BCUT2D eigenvalue weighted by atomic mass is 9.80. The molecule has 0 unspecified atom stereocenters. The summed E-state index contributed by atoms with van der Waals surface area (Å²) in [6.07, 6.45) is 2.61. The Hall–Kier alpha value is -1.08. The molecule has 1 nitrogen and oxygen atoms in total. The molecule has 0 radical (unpaired) electrons. The van der Waals surface area contributed by atoms with Gasteiger partial charge in [0.1, 0.15) is 0 Å². The highest BCUT2D eigenvalue weighted by Gasteiger charge is 2.25. The first kappa shape index (κ1) is 9.47. The SMILES string of the molecule is C=C1CC[C@@H](c2ccccc2)[C@@H](O)C1. The van der Waals surface area contributed by atoms with E-state index in [1.807, 2.05) is 18.2 Å². The van der Waals surface area contributed by atoms with Gasteiger partial charge in [0.05, 0.1) is 6.10 Å². The Morgan fingerprint density at radius 1 is 1.21 bits per heavy atom. The van der Waals surface area contributed by atoms with Crippen molar-refractivity contribution in [2.75, 3.05) is 0 Å². The first-order chi connectivity index (χ1) is 6.77. The van der Waals surface area contributed by atoms with Gasteiger partial charge in [-0.2, -0.15) is 0 Å². The molecular formula is C13H16O. The lowest BCUT2D eigenvalue weighted by Gasteiger charge is -2.29. The minimum Gasteiger partial charge on any atom is -0.392 e. The molecule has 0 aromatic heterocycles. The van der Waals surface area contributed by atoms with Crippen molar-refractivity contribution in [2.24, 2.45) is 0 Å². The predicted molar refractivity (Wildman–Crippen MR) is 58.2 cm³/mol. The zero-order valence-corrected chi connectivity index (χ0v) is 8.32. The second-order valence-corrected chi connectivity index (χ2v) is 4.08. The molecule has 0 amide bonds. The van der Waals surface area contributed by atoms with Crippen molar-refractivity contribution in [3.63, 3.8) is 0 Å². The van der Waals surface area contributed by atoms with E-state index < -0.39 is 0 Å². The van der Waals surface area contributed by atoms with Crippen LogP contribution in [0.15, 0.2) is 42.5 Å². The highest BCUT2D eigenvalue weighted by molar-refractivity contribution is 5.23. The van der Waals surface area contributed by atoms with Crippen molar-refractivity contribution in [1.29, 1.82) is 0 Å². The van der Waals surface area contributed by atoms with Crippen molar-refractivity contribution in [1.82, 2.24) is 0 Å². The molecule has 1 fully saturated rings. The van der Waals surface area contributed by atoms with Crippen LogP contribution in [0.1, 0.15) is 30.7 Å². The summed E-state index contributed by atoms with van der Waals surface area (Å²) < 4.78 is 0. The number of hydrogen-bond acceptors (Lipinski definition) is 1. The predicted octanol–water partition coefficient (Wildman–Crippen LogP) is 2.87. The summed E-state index contributed by atoms with van der Waals surface area (Å²) in [6.45, 7) is 3.93. The summed E-state index contributed by atoms with van der Waals surface area (Å²) in [4.78, 5) is 0. The van der Waals surface area contributed by atoms with Gasteiger partial charge in [-0.15, -0.1) is 0 Å². The summed E-state index contributed by atoms with van der Waals surface area (Å²) in [7, 11) is 0. The van der Waals surface area contributed by atoms with Crippen LogP contribution in [0, 0.1) is 0 Å². The maximum absolute atomic E-state index is 9.93. The molecule has 1 aliphatic rings. The third-order valence-corrected chi connectivity index (χ3v) is 3.00. The largest absolute Gasteiger partial charge is 0.392 e. The third kappa shape index (κ3) is 1.88. The quantitative estimate of drug-likeness (QED) is 0.672. The maximum atomic E-state index is 9.93. The molecule has 2 rings (SSSR count). The average molecular weight is 188 g/mol. The molecule has 1 saturated carbocycles. The Kier molecular flexibility index (Phi) is 2.69. The van der Waals surface area contributed by atoms with E-state index in [-0.39, 0.29) is 6.10 Å². The van der Waals surface area contributed by atoms with E-state index in [2.05, 4.69) is 18.7 Å². The molecular weight excluding hydrogens is 172 g/mol. The van der Waals surface area contributed by atoms with Crippen molar-refractivity contribution in [2.45, 2.75) is 31.3 Å². The Balaban J connectivity index is 2.16. The van der Waals surface area contributed by atoms with Gasteiger partial charge in [0, 0.05) is 5.92 Å². The molecule has 1 N–H and O–H groups in total. The summed E-state index contributed by atoms with van der Waals surface area (Å²) >= 11 is 0. The van der Waals surface area contributed by atoms with E-state index in [1.54, 1.807) is 0 Å². The Morgan fingerprint density at radius 3 is 2.57 bits per heavy atom. The van der Waals surface area contributed by atoms with E-state index in [0.29, 0.717) is 5.92 Å². The first-order valence-corrected chi connectivity index (χ1v) is 5.17. The van der Waals surface area contributed by atoms with E-state index in [9.17, 15) is 5.11 Å². The molecule has 0 bridgehead atoms. The molecule has 1 heteroatoms. The Morgan fingerprint density at radius 2 is 1.93 bits per heavy atom.